The quantitative estimate of drug-likeness (QED) is 0.561. The smallest absolute Gasteiger partial charge is 0.271 e. The van der Waals surface area contributed by atoms with E-state index >= 15 is 0 Å². The Balaban J connectivity index is 1.60. The summed E-state index contributed by atoms with van der Waals surface area (Å²) in [6.07, 6.45) is 3.08. The van der Waals surface area contributed by atoms with Crippen LogP contribution in [0.15, 0.2) is 29.1 Å². The molecule has 7 nitrogen and oxygen atoms in total. The van der Waals surface area contributed by atoms with Crippen LogP contribution < -0.4 is 10.9 Å². The van der Waals surface area contributed by atoms with Crippen molar-refractivity contribution in [2.75, 3.05) is 5.32 Å². The molecule has 0 radical (unpaired) electrons. The number of anilines is 1. The second-order valence-corrected chi connectivity index (χ2v) is 6.79. The lowest BCUT2D eigenvalue weighted by Gasteiger charge is -2.06. The molecule has 2 heterocycles. The Hall–Kier alpha value is -2.74. The summed E-state index contributed by atoms with van der Waals surface area (Å²) in [6, 6.07) is 6.24. The van der Waals surface area contributed by atoms with E-state index in [0.717, 1.165) is 35.0 Å². The van der Waals surface area contributed by atoms with Crippen LogP contribution in [-0.4, -0.2) is 14.9 Å². The van der Waals surface area contributed by atoms with E-state index in [2.05, 4.69) is 15.3 Å². The molecule has 3 aromatic rings. The number of nitrogens with zero attached hydrogens (tertiary/aromatic N) is 2. The van der Waals surface area contributed by atoms with Gasteiger partial charge in [-0.1, -0.05) is 6.07 Å². The van der Waals surface area contributed by atoms with Gasteiger partial charge in [0.25, 0.3) is 11.2 Å². The van der Waals surface area contributed by atoms with E-state index in [1.165, 1.54) is 17.0 Å². The Kier molecular flexibility index (Phi) is 3.53. The lowest BCUT2D eigenvalue weighted by molar-refractivity contribution is -0.384. The molecular weight excluding hydrogens is 328 g/mol. The fraction of sp³-hybridized carbons (Fsp3) is 0.250. The van der Waals surface area contributed by atoms with Gasteiger partial charge in [0.2, 0.25) is 0 Å². The van der Waals surface area contributed by atoms with Gasteiger partial charge in [-0.25, -0.2) is 4.98 Å². The summed E-state index contributed by atoms with van der Waals surface area (Å²) in [7, 11) is 0. The number of nitro groups is 1. The Morgan fingerprint density at radius 1 is 1.38 bits per heavy atom. The van der Waals surface area contributed by atoms with Crippen molar-refractivity contribution in [2.24, 2.45) is 0 Å². The number of aromatic nitrogens is 2. The van der Waals surface area contributed by atoms with Gasteiger partial charge < -0.3 is 10.3 Å². The van der Waals surface area contributed by atoms with Crippen molar-refractivity contribution < 1.29 is 4.92 Å². The van der Waals surface area contributed by atoms with Crippen molar-refractivity contribution in [3.05, 3.63) is 61.0 Å². The molecule has 2 N–H and O–H groups in total. The summed E-state index contributed by atoms with van der Waals surface area (Å²) in [5.74, 6) is 0.527. The molecule has 0 atom stereocenters. The minimum atomic E-state index is -0.440. The highest BCUT2D eigenvalue weighted by atomic mass is 32.1. The van der Waals surface area contributed by atoms with Gasteiger partial charge in [-0.3, -0.25) is 14.9 Å². The summed E-state index contributed by atoms with van der Waals surface area (Å²) in [5, 5.41) is 14.6. The molecule has 0 saturated carbocycles. The van der Waals surface area contributed by atoms with E-state index in [9.17, 15) is 14.9 Å². The topological polar surface area (TPSA) is 101 Å². The molecule has 0 amide bonds. The van der Waals surface area contributed by atoms with Gasteiger partial charge in [0, 0.05) is 22.7 Å². The number of benzene rings is 1. The largest absolute Gasteiger partial charge is 0.378 e. The highest BCUT2D eigenvalue weighted by molar-refractivity contribution is 7.18. The number of nitro benzene ring substituents is 1. The molecule has 4 rings (SSSR count). The number of rotatable bonds is 4. The predicted octanol–water partition coefficient (Wildman–Crippen LogP) is 2.99. The third-order valence-corrected chi connectivity index (χ3v) is 5.33. The first-order chi connectivity index (χ1) is 11.6. The number of H-pyrrole nitrogens is 1. The van der Waals surface area contributed by atoms with Crippen molar-refractivity contribution in [2.45, 2.75) is 25.8 Å². The highest BCUT2D eigenvalue weighted by Gasteiger charge is 2.21. The first-order valence-corrected chi connectivity index (χ1v) is 8.45. The third-order valence-electron chi connectivity index (χ3n) is 4.14. The molecule has 2 aromatic heterocycles. The zero-order valence-electron chi connectivity index (χ0n) is 12.7. The van der Waals surface area contributed by atoms with Gasteiger partial charge in [0.15, 0.2) is 0 Å². The summed E-state index contributed by atoms with van der Waals surface area (Å²) in [5.41, 5.74) is 1.68. The number of hydrogen-bond donors (Lipinski definition) is 2. The standard InChI is InChI=1S/C16H14N4O3S/c21-15-14-11-5-2-6-12(11)24-16(14)19-13(18-15)8-17-9-3-1-4-10(7-9)20(22)23/h1,3-4,7,17H,2,5-6,8H2,(H,18,19,21). The normalized spacial score (nSPS) is 13.2. The van der Waals surface area contributed by atoms with E-state index in [1.807, 2.05) is 0 Å². The predicted molar refractivity (Wildman–Crippen MR) is 92.7 cm³/mol. The van der Waals surface area contributed by atoms with Gasteiger partial charge in [0.1, 0.15) is 10.7 Å². The van der Waals surface area contributed by atoms with Gasteiger partial charge in [-0.2, -0.15) is 0 Å². The zero-order valence-corrected chi connectivity index (χ0v) is 13.5. The summed E-state index contributed by atoms with van der Waals surface area (Å²) in [6.45, 7) is 0.301. The lowest BCUT2D eigenvalue weighted by atomic mass is 10.2. The molecule has 0 aliphatic heterocycles. The van der Waals surface area contributed by atoms with E-state index in [0.29, 0.717) is 18.1 Å². The molecule has 0 bridgehead atoms. The first-order valence-electron chi connectivity index (χ1n) is 7.63. The fourth-order valence-electron chi connectivity index (χ4n) is 3.05. The van der Waals surface area contributed by atoms with Crippen LogP contribution in [0.5, 0.6) is 0 Å². The number of nitrogens with one attached hydrogen (secondary N) is 2. The second kappa shape index (κ2) is 5.72. The van der Waals surface area contributed by atoms with E-state index in [-0.39, 0.29) is 11.2 Å². The number of hydrogen-bond acceptors (Lipinski definition) is 6. The zero-order chi connectivity index (χ0) is 16.7. The maximum atomic E-state index is 12.4. The van der Waals surface area contributed by atoms with Gasteiger partial charge in [-0.15, -0.1) is 11.3 Å². The summed E-state index contributed by atoms with van der Waals surface area (Å²) in [4.78, 5) is 32.1. The molecule has 1 aliphatic carbocycles. The van der Waals surface area contributed by atoms with Crippen molar-refractivity contribution in [3.63, 3.8) is 0 Å². The lowest BCUT2D eigenvalue weighted by Crippen LogP contribution is -2.14. The van der Waals surface area contributed by atoms with Crippen molar-refractivity contribution >= 4 is 32.9 Å². The van der Waals surface area contributed by atoms with Crippen LogP contribution in [-0.2, 0) is 19.4 Å². The van der Waals surface area contributed by atoms with Crippen LogP contribution in [0.4, 0.5) is 11.4 Å². The number of aryl methyl sites for hydroxylation is 2. The SMILES string of the molecule is O=c1[nH]c(CNc2cccc([N+](=O)[O-])c2)nc2sc3c(c12)CCC3. The number of fused-ring (bicyclic) bond motifs is 3. The average molecular weight is 342 g/mol. The monoisotopic (exact) mass is 342 g/mol. The minimum absolute atomic E-state index is 0.0200. The number of thiophene rings is 1. The number of aromatic amines is 1. The third kappa shape index (κ3) is 2.54. The van der Waals surface area contributed by atoms with E-state index < -0.39 is 4.92 Å². The minimum Gasteiger partial charge on any atom is -0.378 e. The molecular formula is C16H14N4O3S. The van der Waals surface area contributed by atoms with Gasteiger partial charge in [0.05, 0.1) is 16.9 Å². The molecule has 1 aliphatic rings. The van der Waals surface area contributed by atoms with E-state index in [1.54, 1.807) is 23.5 Å². The van der Waals surface area contributed by atoms with Crippen LogP contribution in [0.1, 0.15) is 22.7 Å². The molecule has 122 valence electrons. The van der Waals surface area contributed by atoms with Crippen LogP contribution in [0.2, 0.25) is 0 Å². The summed E-state index contributed by atoms with van der Waals surface area (Å²) >= 11 is 1.59. The fourth-order valence-corrected chi connectivity index (χ4v) is 4.33. The molecule has 0 unspecified atom stereocenters. The van der Waals surface area contributed by atoms with Crippen LogP contribution in [0.3, 0.4) is 0 Å². The number of non-ortho nitro benzene ring substituents is 1. The Morgan fingerprint density at radius 2 is 2.25 bits per heavy atom. The Labute approximate surface area is 140 Å². The molecule has 24 heavy (non-hydrogen) atoms. The van der Waals surface area contributed by atoms with Crippen molar-refractivity contribution in [3.8, 4) is 0 Å². The van der Waals surface area contributed by atoms with Crippen LogP contribution in [0, 0.1) is 10.1 Å². The Bertz CT molecular complexity index is 1010. The molecule has 8 heteroatoms. The van der Waals surface area contributed by atoms with Crippen LogP contribution >= 0.6 is 11.3 Å². The molecule has 0 saturated heterocycles. The first kappa shape index (κ1) is 14.8. The van der Waals surface area contributed by atoms with Crippen LogP contribution in [0.25, 0.3) is 10.2 Å². The van der Waals surface area contributed by atoms with Crippen molar-refractivity contribution in [1.29, 1.82) is 0 Å². The molecule has 0 spiro atoms. The molecule has 0 fully saturated rings. The maximum absolute atomic E-state index is 12.4. The molecule has 1 aromatic carbocycles. The summed E-state index contributed by atoms with van der Waals surface area (Å²) < 4.78 is 0. The van der Waals surface area contributed by atoms with Gasteiger partial charge in [-0.05, 0) is 30.9 Å². The van der Waals surface area contributed by atoms with E-state index in [4.69, 9.17) is 0 Å². The highest BCUT2D eigenvalue weighted by Crippen LogP contribution is 2.34. The van der Waals surface area contributed by atoms with Crippen molar-refractivity contribution in [1.82, 2.24) is 9.97 Å². The maximum Gasteiger partial charge on any atom is 0.271 e. The average Bonchev–Trinajstić information content (AvgIpc) is 3.13. The second-order valence-electron chi connectivity index (χ2n) is 5.71. The Morgan fingerprint density at radius 3 is 3.08 bits per heavy atom. The van der Waals surface area contributed by atoms with Gasteiger partial charge >= 0.3 is 0 Å².